The lowest BCUT2D eigenvalue weighted by Gasteiger charge is -1.99. The maximum absolute atomic E-state index is 11.5. The number of nitriles is 1. The van der Waals surface area contributed by atoms with E-state index in [9.17, 15) is 14.9 Å². The number of nitrogens with zero attached hydrogens (tertiary/aromatic N) is 6. The Labute approximate surface area is 232 Å². The Morgan fingerprint density at radius 2 is 1.52 bits per heavy atom. The summed E-state index contributed by atoms with van der Waals surface area (Å²) >= 11 is 5.96. The van der Waals surface area contributed by atoms with Crippen molar-refractivity contribution in [1.82, 2.24) is 18.8 Å². The van der Waals surface area contributed by atoms with E-state index < -0.39 is 10.9 Å². The fourth-order valence-corrected chi connectivity index (χ4v) is 4.18. The summed E-state index contributed by atoms with van der Waals surface area (Å²) in [6.07, 6.45) is 6.97. The Bertz CT molecular complexity index is 1940. The molecule has 2 aromatic carbocycles. The van der Waals surface area contributed by atoms with Gasteiger partial charge in [0.05, 0.1) is 34.5 Å². The predicted octanol–water partition coefficient (Wildman–Crippen LogP) is 6.22. The van der Waals surface area contributed by atoms with Gasteiger partial charge in [0.2, 0.25) is 0 Å². The van der Waals surface area contributed by atoms with Gasteiger partial charge in [-0.25, -0.2) is 14.8 Å². The molecular weight excluding hydrogens is 532 g/mol. The van der Waals surface area contributed by atoms with Gasteiger partial charge < -0.3 is 13.5 Å². The molecule has 0 saturated heterocycles. The number of nitro benzene ring substituents is 1. The first kappa shape index (κ1) is 26.1. The Hall–Kier alpha value is -5.53. The first-order valence-corrected chi connectivity index (χ1v) is 12.2. The zero-order valence-corrected chi connectivity index (χ0v) is 21.7. The van der Waals surface area contributed by atoms with Gasteiger partial charge in [0.25, 0.3) is 5.69 Å². The number of imidazole rings is 2. The number of non-ortho nitro benzene ring substituents is 1. The lowest BCUT2D eigenvalue weighted by Crippen LogP contribution is -2.02. The summed E-state index contributed by atoms with van der Waals surface area (Å²) in [5.41, 5.74) is 5.49. The minimum absolute atomic E-state index is 0.00445. The van der Waals surface area contributed by atoms with E-state index in [1.54, 1.807) is 53.3 Å². The summed E-state index contributed by atoms with van der Waals surface area (Å²) < 4.78 is 8.19. The van der Waals surface area contributed by atoms with Crippen LogP contribution >= 0.6 is 11.6 Å². The maximum atomic E-state index is 11.5. The smallest absolute Gasteiger partial charge is 0.339 e. The number of halogens is 1. The lowest BCUT2D eigenvalue weighted by molar-refractivity contribution is -0.384. The van der Waals surface area contributed by atoms with E-state index in [0.717, 1.165) is 16.9 Å². The molecule has 11 heteroatoms. The van der Waals surface area contributed by atoms with Crippen LogP contribution in [0.5, 0.6) is 0 Å². The SMILES string of the molecule is COC(=O)c1ccc2nc(-c3cccc([N+](=O)[O-])c3)cn2c1.N#Cc1ccc2nc(-c3cccc(Cl)c3)cn2c1. The van der Waals surface area contributed by atoms with Crippen molar-refractivity contribution >= 4 is 34.6 Å². The number of nitro groups is 1. The third-order valence-electron chi connectivity index (χ3n) is 5.93. The summed E-state index contributed by atoms with van der Waals surface area (Å²) in [4.78, 5) is 30.8. The summed E-state index contributed by atoms with van der Waals surface area (Å²) in [5.74, 6) is -0.438. The number of benzene rings is 2. The average Bonchev–Trinajstić information content (AvgIpc) is 3.61. The van der Waals surface area contributed by atoms with Crippen molar-refractivity contribution in [2.24, 2.45) is 0 Å². The van der Waals surface area contributed by atoms with E-state index in [1.807, 2.05) is 40.9 Å². The van der Waals surface area contributed by atoms with Crippen molar-refractivity contribution in [1.29, 1.82) is 5.26 Å². The van der Waals surface area contributed by atoms with Crippen LogP contribution in [-0.4, -0.2) is 36.8 Å². The summed E-state index contributed by atoms with van der Waals surface area (Å²) in [6.45, 7) is 0. The Kier molecular flexibility index (Phi) is 7.22. The van der Waals surface area contributed by atoms with Crippen molar-refractivity contribution in [3.63, 3.8) is 0 Å². The fraction of sp³-hybridized carbons (Fsp3) is 0.0345. The molecule has 0 amide bonds. The van der Waals surface area contributed by atoms with Crippen LogP contribution in [0.4, 0.5) is 5.69 Å². The van der Waals surface area contributed by atoms with Crippen LogP contribution < -0.4 is 0 Å². The molecule has 0 aliphatic rings. The van der Waals surface area contributed by atoms with Gasteiger partial charge in [-0.05, 0) is 36.4 Å². The Morgan fingerprint density at radius 3 is 2.15 bits per heavy atom. The summed E-state index contributed by atoms with van der Waals surface area (Å²) in [6, 6.07) is 22.8. The number of carbonyl (C=O) groups excluding carboxylic acids is 1. The first-order valence-electron chi connectivity index (χ1n) is 11.8. The topological polar surface area (TPSA) is 128 Å². The number of fused-ring (bicyclic) bond motifs is 2. The van der Waals surface area contributed by atoms with E-state index >= 15 is 0 Å². The molecule has 40 heavy (non-hydrogen) atoms. The fourth-order valence-electron chi connectivity index (χ4n) is 3.99. The van der Waals surface area contributed by atoms with E-state index in [1.165, 1.54) is 19.2 Å². The zero-order valence-electron chi connectivity index (χ0n) is 20.9. The Balaban J connectivity index is 0.000000164. The van der Waals surface area contributed by atoms with E-state index in [0.29, 0.717) is 33.1 Å². The average molecular weight is 551 g/mol. The monoisotopic (exact) mass is 550 g/mol. The van der Waals surface area contributed by atoms with Gasteiger partial charge in [0.1, 0.15) is 17.4 Å². The first-order chi connectivity index (χ1) is 19.3. The molecular formula is C29H19ClN6O4. The second kappa shape index (κ2) is 11.1. The van der Waals surface area contributed by atoms with Crippen LogP contribution in [0, 0.1) is 21.4 Å². The van der Waals surface area contributed by atoms with Crippen LogP contribution in [-0.2, 0) is 4.74 Å². The number of rotatable bonds is 4. The number of pyridine rings is 2. The van der Waals surface area contributed by atoms with Crippen molar-refractivity contribution < 1.29 is 14.5 Å². The molecule has 6 aromatic rings. The van der Waals surface area contributed by atoms with Gasteiger partial charge in [-0.2, -0.15) is 5.26 Å². The molecule has 0 unspecified atom stereocenters. The number of hydrogen-bond donors (Lipinski definition) is 0. The maximum Gasteiger partial charge on any atom is 0.339 e. The molecule has 10 nitrogen and oxygen atoms in total. The molecule has 0 saturated carbocycles. The van der Waals surface area contributed by atoms with Gasteiger partial charge in [-0.3, -0.25) is 10.1 Å². The number of methoxy groups -OCH3 is 1. The molecule has 4 aromatic heterocycles. The van der Waals surface area contributed by atoms with Gasteiger partial charge >= 0.3 is 5.97 Å². The minimum atomic E-state index is -0.450. The highest BCUT2D eigenvalue weighted by molar-refractivity contribution is 6.30. The van der Waals surface area contributed by atoms with Crippen LogP contribution in [0.15, 0.2) is 97.6 Å². The number of esters is 1. The van der Waals surface area contributed by atoms with Crippen LogP contribution in [0.1, 0.15) is 15.9 Å². The highest BCUT2D eigenvalue weighted by Crippen LogP contribution is 2.24. The molecule has 196 valence electrons. The predicted molar refractivity (Wildman–Crippen MR) is 149 cm³/mol. The van der Waals surface area contributed by atoms with Crippen LogP contribution in [0.25, 0.3) is 33.8 Å². The van der Waals surface area contributed by atoms with E-state index in [2.05, 4.69) is 20.8 Å². The van der Waals surface area contributed by atoms with Gasteiger partial charge in [0, 0.05) is 53.1 Å². The van der Waals surface area contributed by atoms with Crippen molar-refractivity contribution in [2.75, 3.05) is 7.11 Å². The summed E-state index contributed by atoms with van der Waals surface area (Å²) in [5, 5.41) is 20.4. The third-order valence-corrected chi connectivity index (χ3v) is 6.16. The second-order valence-corrected chi connectivity index (χ2v) is 8.98. The molecule has 0 aliphatic carbocycles. The van der Waals surface area contributed by atoms with Crippen LogP contribution in [0.2, 0.25) is 5.02 Å². The quantitative estimate of drug-likeness (QED) is 0.145. The number of ether oxygens (including phenoxy) is 1. The normalized spacial score (nSPS) is 10.5. The van der Waals surface area contributed by atoms with E-state index in [4.69, 9.17) is 16.9 Å². The number of hydrogen-bond acceptors (Lipinski definition) is 7. The van der Waals surface area contributed by atoms with Gasteiger partial charge in [-0.1, -0.05) is 35.9 Å². The Morgan fingerprint density at radius 1 is 0.900 bits per heavy atom. The largest absolute Gasteiger partial charge is 0.465 e. The summed E-state index contributed by atoms with van der Waals surface area (Å²) in [7, 11) is 1.31. The molecule has 0 radical (unpaired) electrons. The lowest BCUT2D eigenvalue weighted by atomic mass is 10.1. The van der Waals surface area contributed by atoms with E-state index in [-0.39, 0.29) is 5.69 Å². The number of carbonyl (C=O) groups is 1. The molecule has 0 aliphatic heterocycles. The van der Waals surface area contributed by atoms with Crippen molar-refractivity contribution in [3.05, 3.63) is 124 Å². The molecule has 4 heterocycles. The molecule has 0 N–H and O–H groups in total. The molecule has 0 atom stereocenters. The second-order valence-electron chi connectivity index (χ2n) is 8.54. The van der Waals surface area contributed by atoms with Gasteiger partial charge in [-0.15, -0.1) is 0 Å². The van der Waals surface area contributed by atoms with Crippen LogP contribution in [0.3, 0.4) is 0 Å². The van der Waals surface area contributed by atoms with Crippen molar-refractivity contribution in [2.45, 2.75) is 0 Å². The molecule has 6 rings (SSSR count). The minimum Gasteiger partial charge on any atom is -0.465 e. The standard InChI is InChI=1S/C15H11N3O4.C14H8ClN3/c1-22-15(19)11-5-6-14-16-13(9-17(14)8-11)10-3-2-4-12(7-10)18(20)21;15-12-3-1-2-11(6-12)13-9-18-8-10(7-16)4-5-14(18)17-13/h2-9H,1H3;1-6,8-9H. The number of aromatic nitrogens is 4. The molecule has 0 bridgehead atoms. The van der Waals surface area contributed by atoms with Crippen molar-refractivity contribution in [3.8, 4) is 28.6 Å². The third kappa shape index (κ3) is 5.50. The highest BCUT2D eigenvalue weighted by atomic mass is 35.5. The zero-order chi connectivity index (χ0) is 28.2. The highest BCUT2D eigenvalue weighted by Gasteiger charge is 2.12. The molecule has 0 fully saturated rings. The van der Waals surface area contributed by atoms with Gasteiger partial charge in [0.15, 0.2) is 0 Å². The molecule has 0 spiro atoms.